The van der Waals surface area contributed by atoms with Gasteiger partial charge in [-0.3, -0.25) is 19.1 Å². The van der Waals surface area contributed by atoms with Crippen molar-refractivity contribution < 1.29 is 4.79 Å². The largest absolute Gasteiger partial charge is 0.353 e. The third-order valence-corrected chi connectivity index (χ3v) is 6.02. The second kappa shape index (κ2) is 11.1. The van der Waals surface area contributed by atoms with Crippen molar-refractivity contribution in [3.63, 3.8) is 0 Å². The van der Waals surface area contributed by atoms with Crippen molar-refractivity contribution in [2.75, 3.05) is 5.75 Å². The molecule has 1 unspecified atom stereocenters. The van der Waals surface area contributed by atoms with Gasteiger partial charge in [0.1, 0.15) is 0 Å². The molecule has 6 nitrogen and oxygen atoms in total. The van der Waals surface area contributed by atoms with Crippen LogP contribution in [0.3, 0.4) is 0 Å². The maximum absolute atomic E-state index is 13.1. The number of nitrogens with one attached hydrogen (secondary N) is 1. The van der Waals surface area contributed by atoms with E-state index in [1.54, 1.807) is 23.0 Å². The van der Waals surface area contributed by atoms with E-state index in [-0.39, 0.29) is 23.3 Å². The Balaban J connectivity index is 1.73. The molecule has 7 heteroatoms. The summed E-state index contributed by atoms with van der Waals surface area (Å²) < 4.78 is 1.63. The molecule has 0 saturated heterocycles. The van der Waals surface area contributed by atoms with E-state index in [1.165, 1.54) is 11.8 Å². The summed E-state index contributed by atoms with van der Waals surface area (Å²) in [6.45, 7) is 6.82. The fraction of sp³-hybridized carbons (Fsp3) is 0.417. The van der Waals surface area contributed by atoms with Crippen molar-refractivity contribution in [3.8, 4) is 0 Å². The average Bonchev–Trinajstić information content (AvgIpc) is 2.75. The molecule has 1 N–H and O–H groups in total. The molecule has 0 bridgehead atoms. The third kappa shape index (κ3) is 6.66. The molecule has 0 saturated carbocycles. The average molecular weight is 439 g/mol. The lowest BCUT2D eigenvalue weighted by Crippen LogP contribution is -2.34. The molecule has 2 aromatic heterocycles. The minimum atomic E-state index is -0.112. The van der Waals surface area contributed by atoms with Crippen molar-refractivity contribution in [2.45, 2.75) is 57.8 Å². The maximum Gasteiger partial charge on any atom is 0.262 e. The lowest BCUT2D eigenvalue weighted by Gasteiger charge is -2.16. The molecule has 0 aliphatic rings. The van der Waals surface area contributed by atoms with Crippen LogP contribution in [0.25, 0.3) is 10.9 Å². The number of amides is 1. The standard InChI is InChI=1S/C24H30N4O2S/c1-17(2)8-6-9-18(3)26-22(29)16-31-24-27-21-12-5-4-11-20(21)23(30)28(24)15-19-10-7-13-25-14-19/h4-5,7,10-14,17-18H,6,8-9,15-16H2,1-3H3,(H,26,29). The van der Waals surface area contributed by atoms with Gasteiger partial charge in [0.25, 0.3) is 5.56 Å². The first kappa shape index (κ1) is 23.0. The summed E-state index contributed by atoms with van der Waals surface area (Å²) in [5.41, 5.74) is 1.44. The molecule has 0 radical (unpaired) electrons. The predicted molar refractivity (Wildman–Crippen MR) is 126 cm³/mol. The van der Waals surface area contributed by atoms with Crippen molar-refractivity contribution in [1.29, 1.82) is 0 Å². The van der Waals surface area contributed by atoms with Gasteiger partial charge in [0, 0.05) is 18.4 Å². The summed E-state index contributed by atoms with van der Waals surface area (Å²) in [7, 11) is 0. The van der Waals surface area contributed by atoms with Crippen LogP contribution in [0.5, 0.6) is 0 Å². The van der Waals surface area contributed by atoms with E-state index in [0.29, 0.717) is 28.5 Å². The Morgan fingerprint density at radius 3 is 2.68 bits per heavy atom. The zero-order chi connectivity index (χ0) is 22.2. The molecule has 0 aliphatic carbocycles. The molecule has 3 rings (SSSR count). The number of carbonyl (C=O) groups is 1. The minimum absolute atomic E-state index is 0.0441. The molecular weight excluding hydrogens is 408 g/mol. The molecular formula is C24H30N4O2S. The summed E-state index contributed by atoms with van der Waals surface area (Å²) in [6.07, 6.45) is 6.67. The number of nitrogens with zero attached hydrogens (tertiary/aromatic N) is 3. The summed E-state index contributed by atoms with van der Waals surface area (Å²) >= 11 is 1.29. The summed E-state index contributed by atoms with van der Waals surface area (Å²) in [5.74, 6) is 0.846. The Bertz CT molecular complexity index is 1070. The highest BCUT2D eigenvalue weighted by atomic mass is 32.2. The zero-order valence-electron chi connectivity index (χ0n) is 18.4. The van der Waals surface area contributed by atoms with Crippen LogP contribution in [0.15, 0.2) is 58.7 Å². The number of pyridine rings is 1. The van der Waals surface area contributed by atoms with E-state index in [2.05, 4.69) is 29.1 Å². The normalized spacial score (nSPS) is 12.3. The molecule has 1 amide bonds. The van der Waals surface area contributed by atoms with Gasteiger partial charge in [-0.1, -0.05) is 56.7 Å². The van der Waals surface area contributed by atoms with E-state index < -0.39 is 0 Å². The Morgan fingerprint density at radius 2 is 1.94 bits per heavy atom. The van der Waals surface area contributed by atoms with Gasteiger partial charge in [-0.2, -0.15) is 0 Å². The second-order valence-electron chi connectivity index (χ2n) is 8.25. The highest BCUT2D eigenvalue weighted by Gasteiger charge is 2.15. The molecule has 3 aromatic rings. The first-order valence-corrected chi connectivity index (χ1v) is 11.7. The van der Waals surface area contributed by atoms with Crippen LogP contribution in [0.2, 0.25) is 0 Å². The number of carbonyl (C=O) groups excluding carboxylic acids is 1. The SMILES string of the molecule is CC(C)CCCC(C)NC(=O)CSc1nc2ccccc2c(=O)n1Cc1cccnc1. The molecule has 0 aliphatic heterocycles. The second-order valence-corrected chi connectivity index (χ2v) is 9.19. The molecule has 0 fully saturated rings. The summed E-state index contributed by atoms with van der Waals surface area (Å²) in [4.78, 5) is 34.4. The first-order valence-electron chi connectivity index (χ1n) is 10.7. The van der Waals surface area contributed by atoms with Gasteiger partial charge >= 0.3 is 0 Å². The highest BCUT2D eigenvalue weighted by Crippen LogP contribution is 2.19. The summed E-state index contributed by atoms with van der Waals surface area (Å²) in [6, 6.07) is 11.2. The number of fused-ring (bicyclic) bond motifs is 1. The fourth-order valence-electron chi connectivity index (χ4n) is 3.42. The van der Waals surface area contributed by atoms with Crippen LogP contribution < -0.4 is 10.9 Å². The highest BCUT2D eigenvalue weighted by molar-refractivity contribution is 7.99. The number of hydrogen-bond acceptors (Lipinski definition) is 5. The van der Waals surface area contributed by atoms with Gasteiger partial charge in [0.05, 0.1) is 23.2 Å². The lowest BCUT2D eigenvalue weighted by atomic mass is 10.0. The minimum Gasteiger partial charge on any atom is -0.353 e. The molecule has 164 valence electrons. The van der Waals surface area contributed by atoms with Gasteiger partial charge in [0.2, 0.25) is 5.91 Å². The zero-order valence-corrected chi connectivity index (χ0v) is 19.2. The Labute approximate surface area is 187 Å². The number of aromatic nitrogens is 3. The van der Waals surface area contributed by atoms with Crippen molar-refractivity contribution >= 4 is 28.6 Å². The molecule has 1 aromatic carbocycles. The number of thioether (sulfide) groups is 1. The van der Waals surface area contributed by atoms with E-state index in [9.17, 15) is 9.59 Å². The Hall–Kier alpha value is -2.67. The van der Waals surface area contributed by atoms with Crippen LogP contribution in [0.4, 0.5) is 0 Å². The maximum atomic E-state index is 13.1. The number of benzene rings is 1. The van der Waals surface area contributed by atoms with Crippen LogP contribution in [0.1, 0.15) is 45.6 Å². The van der Waals surface area contributed by atoms with E-state index in [4.69, 9.17) is 0 Å². The van der Waals surface area contributed by atoms with Gasteiger partial charge in [-0.05, 0) is 43.0 Å². The first-order chi connectivity index (χ1) is 14.9. The van der Waals surface area contributed by atoms with E-state index in [1.807, 2.05) is 37.3 Å². The van der Waals surface area contributed by atoms with Gasteiger partial charge in [-0.25, -0.2) is 4.98 Å². The van der Waals surface area contributed by atoms with Gasteiger partial charge < -0.3 is 5.32 Å². The van der Waals surface area contributed by atoms with Crippen LogP contribution in [-0.4, -0.2) is 32.2 Å². The number of para-hydroxylation sites is 1. The van der Waals surface area contributed by atoms with Crippen LogP contribution in [0, 0.1) is 5.92 Å². The third-order valence-electron chi connectivity index (χ3n) is 5.05. The van der Waals surface area contributed by atoms with Crippen molar-refractivity contribution in [3.05, 3.63) is 64.7 Å². The van der Waals surface area contributed by atoms with Gasteiger partial charge in [-0.15, -0.1) is 0 Å². The smallest absolute Gasteiger partial charge is 0.262 e. The molecule has 2 heterocycles. The fourth-order valence-corrected chi connectivity index (χ4v) is 4.23. The van der Waals surface area contributed by atoms with Crippen molar-refractivity contribution in [1.82, 2.24) is 19.9 Å². The van der Waals surface area contributed by atoms with Crippen LogP contribution in [-0.2, 0) is 11.3 Å². The number of rotatable bonds is 10. The van der Waals surface area contributed by atoms with Crippen molar-refractivity contribution in [2.24, 2.45) is 5.92 Å². The van der Waals surface area contributed by atoms with Gasteiger partial charge in [0.15, 0.2) is 5.16 Å². The molecule has 1 atom stereocenters. The number of hydrogen-bond donors (Lipinski definition) is 1. The van der Waals surface area contributed by atoms with E-state index in [0.717, 1.165) is 24.8 Å². The molecule has 31 heavy (non-hydrogen) atoms. The topological polar surface area (TPSA) is 76.9 Å². The Kier molecular flexibility index (Phi) is 8.23. The predicted octanol–water partition coefficient (Wildman–Crippen LogP) is 4.26. The van der Waals surface area contributed by atoms with Crippen LogP contribution >= 0.6 is 11.8 Å². The monoisotopic (exact) mass is 438 g/mol. The quantitative estimate of drug-likeness (QED) is 0.378. The van der Waals surface area contributed by atoms with E-state index >= 15 is 0 Å². The molecule has 0 spiro atoms. The summed E-state index contributed by atoms with van der Waals surface area (Å²) in [5, 5.41) is 4.17. The Morgan fingerprint density at radius 1 is 1.13 bits per heavy atom. The lowest BCUT2D eigenvalue weighted by molar-refractivity contribution is -0.119.